The highest BCUT2D eigenvalue weighted by atomic mass is 32.1. The van der Waals surface area contributed by atoms with Crippen molar-refractivity contribution in [2.45, 2.75) is 26.8 Å². The molecule has 1 aromatic rings. The first kappa shape index (κ1) is 12.6. The Kier molecular flexibility index (Phi) is 4.00. The van der Waals surface area contributed by atoms with Crippen molar-refractivity contribution in [2.75, 3.05) is 0 Å². The third-order valence-electron chi connectivity index (χ3n) is 2.07. The Hall–Kier alpha value is -1.43. The van der Waals surface area contributed by atoms with Gasteiger partial charge in [0.25, 0.3) is 5.91 Å². The average Bonchev–Trinajstić information content (AvgIpc) is 2.59. The average molecular weight is 242 g/mol. The summed E-state index contributed by atoms with van der Waals surface area (Å²) in [5.74, 6) is -1.64. The van der Waals surface area contributed by atoms with Gasteiger partial charge < -0.3 is 10.4 Å². The molecule has 0 fully saturated rings. The number of aromatic nitrogens is 1. The van der Waals surface area contributed by atoms with Crippen molar-refractivity contribution in [2.24, 2.45) is 5.92 Å². The summed E-state index contributed by atoms with van der Waals surface area (Å²) in [6, 6.07) is -0.880. The highest BCUT2D eigenvalue weighted by molar-refractivity contribution is 7.09. The first-order chi connectivity index (χ1) is 7.41. The van der Waals surface area contributed by atoms with Crippen molar-refractivity contribution in [1.82, 2.24) is 10.3 Å². The Morgan fingerprint density at radius 1 is 1.50 bits per heavy atom. The molecule has 1 rings (SSSR count). The lowest BCUT2D eigenvalue weighted by Crippen LogP contribution is -2.44. The highest BCUT2D eigenvalue weighted by Gasteiger charge is 2.24. The minimum Gasteiger partial charge on any atom is -0.480 e. The van der Waals surface area contributed by atoms with Gasteiger partial charge in [0.15, 0.2) is 0 Å². The molecular formula is C10H14N2O3S. The van der Waals surface area contributed by atoms with Crippen LogP contribution in [-0.2, 0) is 4.79 Å². The van der Waals surface area contributed by atoms with Crippen LogP contribution in [0.3, 0.4) is 0 Å². The van der Waals surface area contributed by atoms with Crippen LogP contribution in [0.15, 0.2) is 5.38 Å². The molecule has 2 N–H and O–H groups in total. The van der Waals surface area contributed by atoms with E-state index in [9.17, 15) is 9.59 Å². The molecule has 1 aromatic heterocycles. The SMILES string of the molecule is Cc1nc(C(=O)N[C@H](C(=O)O)C(C)C)cs1. The molecule has 0 bridgehead atoms. The van der Waals surface area contributed by atoms with E-state index < -0.39 is 17.9 Å². The standard InChI is InChI=1S/C10H14N2O3S/c1-5(2)8(10(14)15)12-9(13)7-4-16-6(3)11-7/h4-5,8H,1-3H3,(H,12,13)(H,14,15)/t8-/m0/s1. The maximum absolute atomic E-state index is 11.6. The van der Waals surface area contributed by atoms with Gasteiger partial charge in [-0.2, -0.15) is 0 Å². The zero-order chi connectivity index (χ0) is 12.3. The summed E-state index contributed by atoms with van der Waals surface area (Å²) in [6.07, 6.45) is 0. The number of amides is 1. The largest absolute Gasteiger partial charge is 0.480 e. The molecule has 6 heteroatoms. The van der Waals surface area contributed by atoms with Gasteiger partial charge in [0, 0.05) is 5.38 Å². The van der Waals surface area contributed by atoms with Gasteiger partial charge in [-0.3, -0.25) is 4.79 Å². The third-order valence-corrected chi connectivity index (χ3v) is 2.84. The second kappa shape index (κ2) is 5.07. The molecular weight excluding hydrogens is 228 g/mol. The Morgan fingerprint density at radius 3 is 2.50 bits per heavy atom. The fraction of sp³-hybridized carbons (Fsp3) is 0.500. The third kappa shape index (κ3) is 3.03. The first-order valence-corrected chi connectivity index (χ1v) is 5.75. The lowest BCUT2D eigenvalue weighted by atomic mass is 10.0. The molecule has 5 nitrogen and oxygen atoms in total. The number of hydrogen-bond donors (Lipinski definition) is 2. The molecule has 0 aliphatic heterocycles. The van der Waals surface area contributed by atoms with Crippen molar-refractivity contribution in [3.05, 3.63) is 16.1 Å². The first-order valence-electron chi connectivity index (χ1n) is 4.87. The molecule has 0 aliphatic carbocycles. The molecule has 0 saturated carbocycles. The second-order valence-corrected chi connectivity index (χ2v) is 4.85. The van der Waals surface area contributed by atoms with Crippen LogP contribution in [0.4, 0.5) is 0 Å². The van der Waals surface area contributed by atoms with Crippen molar-refractivity contribution >= 4 is 23.2 Å². The number of carbonyl (C=O) groups excluding carboxylic acids is 1. The number of carbonyl (C=O) groups is 2. The zero-order valence-electron chi connectivity index (χ0n) is 9.35. The molecule has 0 aliphatic rings. The minimum atomic E-state index is -1.03. The normalized spacial score (nSPS) is 12.5. The molecule has 0 saturated heterocycles. The molecule has 0 aromatic carbocycles. The van der Waals surface area contributed by atoms with E-state index in [0.29, 0.717) is 0 Å². The minimum absolute atomic E-state index is 0.166. The van der Waals surface area contributed by atoms with Crippen LogP contribution >= 0.6 is 11.3 Å². The fourth-order valence-electron chi connectivity index (χ4n) is 1.20. The van der Waals surface area contributed by atoms with Crippen LogP contribution in [0.2, 0.25) is 0 Å². The number of hydrogen-bond acceptors (Lipinski definition) is 4. The van der Waals surface area contributed by atoms with Crippen molar-refractivity contribution in [1.29, 1.82) is 0 Å². The predicted octanol–water partition coefficient (Wildman–Crippen LogP) is 1.29. The van der Waals surface area contributed by atoms with E-state index in [1.165, 1.54) is 11.3 Å². The zero-order valence-corrected chi connectivity index (χ0v) is 10.2. The summed E-state index contributed by atoms with van der Waals surface area (Å²) in [4.78, 5) is 26.5. The summed E-state index contributed by atoms with van der Waals surface area (Å²) < 4.78 is 0. The Bertz CT molecular complexity index is 401. The van der Waals surface area contributed by atoms with Crippen molar-refractivity contribution < 1.29 is 14.7 Å². The molecule has 1 atom stereocenters. The van der Waals surface area contributed by atoms with Gasteiger partial charge >= 0.3 is 5.97 Å². The van der Waals surface area contributed by atoms with Gasteiger partial charge in [0.05, 0.1) is 5.01 Å². The van der Waals surface area contributed by atoms with Crippen LogP contribution in [0.1, 0.15) is 29.3 Å². The van der Waals surface area contributed by atoms with Gasteiger partial charge in [0.2, 0.25) is 0 Å². The number of aliphatic carboxylic acids is 1. The van der Waals surface area contributed by atoms with Gasteiger partial charge in [-0.25, -0.2) is 9.78 Å². The van der Waals surface area contributed by atoms with E-state index in [-0.39, 0.29) is 11.6 Å². The highest BCUT2D eigenvalue weighted by Crippen LogP contribution is 2.09. The summed E-state index contributed by atoms with van der Waals surface area (Å²) in [5, 5.41) is 13.8. The number of aryl methyl sites for hydroxylation is 1. The molecule has 0 radical (unpaired) electrons. The van der Waals surface area contributed by atoms with E-state index in [2.05, 4.69) is 10.3 Å². The summed E-state index contributed by atoms with van der Waals surface area (Å²) >= 11 is 1.36. The second-order valence-electron chi connectivity index (χ2n) is 3.79. The lowest BCUT2D eigenvalue weighted by Gasteiger charge is -2.16. The van der Waals surface area contributed by atoms with Crippen LogP contribution in [0.25, 0.3) is 0 Å². The van der Waals surface area contributed by atoms with Crippen molar-refractivity contribution in [3.8, 4) is 0 Å². The smallest absolute Gasteiger partial charge is 0.326 e. The number of nitrogens with zero attached hydrogens (tertiary/aromatic N) is 1. The quantitative estimate of drug-likeness (QED) is 0.833. The van der Waals surface area contributed by atoms with Gasteiger partial charge in [0.1, 0.15) is 11.7 Å². The summed E-state index contributed by atoms with van der Waals surface area (Å²) in [7, 11) is 0. The van der Waals surface area contributed by atoms with Crippen LogP contribution in [0, 0.1) is 12.8 Å². The summed E-state index contributed by atoms with van der Waals surface area (Å²) in [5.41, 5.74) is 0.273. The Balaban J connectivity index is 2.73. The van der Waals surface area contributed by atoms with E-state index >= 15 is 0 Å². The fourth-order valence-corrected chi connectivity index (χ4v) is 1.79. The number of carboxylic acids is 1. The molecule has 1 heterocycles. The van der Waals surface area contributed by atoms with Crippen LogP contribution < -0.4 is 5.32 Å². The maximum atomic E-state index is 11.6. The van der Waals surface area contributed by atoms with E-state index in [4.69, 9.17) is 5.11 Å². The molecule has 1 amide bonds. The van der Waals surface area contributed by atoms with Gasteiger partial charge in [-0.15, -0.1) is 11.3 Å². The topological polar surface area (TPSA) is 79.3 Å². The summed E-state index contributed by atoms with van der Waals surface area (Å²) in [6.45, 7) is 5.27. The molecule has 0 spiro atoms. The number of carboxylic acid groups (broad SMARTS) is 1. The molecule has 16 heavy (non-hydrogen) atoms. The number of rotatable bonds is 4. The van der Waals surface area contributed by atoms with Gasteiger partial charge in [-0.1, -0.05) is 13.8 Å². The lowest BCUT2D eigenvalue weighted by molar-refractivity contribution is -0.140. The molecule has 0 unspecified atom stereocenters. The Morgan fingerprint density at radius 2 is 2.12 bits per heavy atom. The van der Waals surface area contributed by atoms with Crippen LogP contribution in [0.5, 0.6) is 0 Å². The van der Waals surface area contributed by atoms with Crippen LogP contribution in [-0.4, -0.2) is 28.0 Å². The molecule has 88 valence electrons. The van der Waals surface area contributed by atoms with E-state index in [1.807, 2.05) is 0 Å². The number of nitrogens with one attached hydrogen (secondary N) is 1. The van der Waals surface area contributed by atoms with E-state index in [1.54, 1.807) is 26.2 Å². The monoisotopic (exact) mass is 242 g/mol. The number of thiazole rings is 1. The van der Waals surface area contributed by atoms with Gasteiger partial charge in [-0.05, 0) is 12.8 Å². The predicted molar refractivity (Wildman–Crippen MR) is 60.6 cm³/mol. The maximum Gasteiger partial charge on any atom is 0.326 e. The van der Waals surface area contributed by atoms with E-state index in [0.717, 1.165) is 5.01 Å². The Labute approximate surface area is 97.5 Å². The van der Waals surface area contributed by atoms with Crippen molar-refractivity contribution in [3.63, 3.8) is 0 Å².